The second-order valence-corrected chi connectivity index (χ2v) is 10.1. The number of amides is 1. The first-order chi connectivity index (χ1) is 18.9. The van der Waals surface area contributed by atoms with Gasteiger partial charge in [0.15, 0.2) is 17.3 Å². The smallest absolute Gasteiger partial charge is 0.223 e. The molecule has 206 valence electrons. The number of hydrogen-bond acceptors (Lipinski definition) is 7. The zero-order chi connectivity index (χ0) is 27.5. The van der Waals surface area contributed by atoms with E-state index in [1.807, 2.05) is 41.6 Å². The number of methoxy groups -OCH3 is 4. The fourth-order valence-corrected chi connectivity index (χ4v) is 5.85. The number of benzene rings is 2. The summed E-state index contributed by atoms with van der Waals surface area (Å²) >= 11 is 0. The number of carbonyl (C=O) groups is 2. The van der Waals surface area contributed by atoms with Gasteiger partial charge in [-0.25, -0.2) is 4.98 Å². The summed E-state index contributed by atoms with van der Waals surface area (Å²) < 4.78 is 24.0. The normalized spacial score (nSPS) is 17.2. The van der Waals surface area contributed by atoms with Gasteiger partial charge in [-0.05, 0) is 54.3 Å². The average Bonchev–Trinajstić information content (AvgIpc) is 3.55. The molecule has 9 heteroatoms. The number of rotatable bonds is 9. The number of ether oxygens (including phenoxy) is 4. The van der Waals surface area contributed by atoms with E-state index in [0.717, 1.165) is 29.8 Å². The van der Waals surface area contributed by atoms with Crippen LogP contribution < -0.4 is 18.9 Å². The molecule has 2 aromatic carbocycles. The van der Waals surface area contributed by atoms with Crippen molar-refractivity contribution >= 4 is 11.7 Å². The molecule has 1 aliphatic heterocycles. The minimum atomic E-state index is -0.0924. The molecule has 1 fully saturated rings. The zero-order valence-corrected chi connectivity index (χ0v) is 22.9. The predicted octanol–water partition coefficient (Wildman–Crippen LogP) is 4.43. The van der Waals surface area contributed by atoms with Crippen LogP contribution in [0.5, 0.6) is 23.0 Å². The number of likely N-dealkylation sites (tertiary alicyclic amines) is 1. The second kappa shape index (κ2) is 11.4. The van der Waals surface area contributed by atoms with Crippen LogP contribution in [0.2, 0.25) is 0 Å². The molecule has 1 aromatic heterocycles. The van der Waals surface area contributed by atoms with E-state index >= 15 is 0 Å². The SMILES string of the molecule is COc1ccc2c(c1)C(CC(=O)N1CCC(c3nccn3Cc3cc(OC)c(OC)c(OC)c3)CC1)CC2=O. The minimum absolute atomic E-state index is 0.0924. The third kappa shape index (κ3) is 5.30. The maximum atomic E-state index is 13.2. The van der Waals surface area contributed by atoms with E-state index in [2.05, 4.69) is 9.55 Å². The van der Waals surface area contributed by atoms with Crippen LogP contribution >= 0.6 is 0 Å². The Kier molecular flexibility index (Phi) is 7.77. The van der Waals surface area contributed by atoms with Crippen LogP contribution in [-0.4, -0.2) is 67.7 Å². The molecular weight excluding hydrogens is 498 g/mol. The van der Waals surface area contributed by atoms with Gasteiger partial charge in [0.05, 0.1) is 28.4 Å². The molecule has 3 aromatic rings. The van der Waals surface area contributed by atoms with Crippen molar-refractivity contribution in [3.63, 3.8) is 0 Å². The molecule has 1 aliphatic carbocycles. The van der Waals surface area contributed by atoms with Gasteiger partial charge in [0.2, 0.25) is 11.7 Å². The van der Waals surface area contributed by atoms with Gasteiger partial charge in [-0.1, -0.05) is 0 Å². The van der Waals surface area contributed by atoms with Crippen LogP contribution in [0, 0.1) is 0 Å². The van der Waals surface area contributed by atoms with Gasteiger partial charge in [0, 0.05) is 62.3 Å². The molecule has 0 spiro atoms. The van der Waals surface area contributed by atoms with Crippen LogP contribution in [0.1, 0.15) is 64.8 Å². The number of aromatic nitrogens is 2. The Bertz CT molecular complexity index is 1330. The molecule has 5 rings (SSSR count). The molecule has 0 saturated carbocycles. The molecular formula is C30H35N3O6. The maximum Gasteiger partial charge on any atom is 0.223 e. The van der Waals surface area contributed by atoms with Gasteiger partial charge in [-0.3, -0.25) is 9.59 Å². The maximum absolute atomic E-state index is 13.2. The van der Waals surface area contributed by atoms with Gasteiger partial charge >= 0.3 is 0 Å². The Balaban J connectivity index is 1.22. The molecule has 0 bridgehead atoms. The molecule has 2 aliphatic rings. The molecule has 1 unspecified atom stereocenters. The monoisotopic (exact) mass is 533 g/mol. The van der Waals surface area contributed by atoms with E-state index in [1.54, 1.807) is 34.5 Å². The summed E-state index contributed by atoms with van der Waals surface area (Å²) in [5.41, 5.74) is 2.65. The third-order valence-corrected chi connectivity index (χ3v) is 7.89. The third-order valence-electron chi connectivity index (χ3n) is 7.89. The van der Waals surface area contributed by atoms with Crippen LogP contribution in [0.25, 0.3) is 0 Å². The average molecular weight is 534 g/mol. The van der Waals surface area contributed by atoms with Gasteiger partial charge < -0.3 is 28.4 Å². The Morgan fingerprint density at radius 3 is 2.33 bits per heavy atom. The van der Waals surface area contributed by atoms with E-state index in [1.165, 1.54) is 0 Å². The van der Waals surface area contributed by atoms with Gasteiger partial charge in [0.1, 0.15) is 11.6 Å². The number of carbonyl (C=O) groups excluding carboxylic acids is 2. The minimum Gasteiger partial charge on any atom is -0.497 e. The summed E-state index contributed by atoms with van der Waals surface area (Å²) in [6.07, 6.45) is 6.21. The predicted molar refractivity (Wildman–Crippen MR) is 145 cm³/mol. The first kappa shape index (κ1) is 26.6. The molecule has 9 nitrogen and oxygen atoms in total. The van der Waals surface area contributed by atoms with Crippen molar-refractivity contribution in [1.82, 2.24) is 14.5 Å². The summed E-state index contributed by atoms with van der Waals surface area (Å²) in [6.45, 7) is 1.96. The Hall–Kier alpha value is -4.01. The quantitative estimate of drug-likeness (QED) is 0.402. The topological polar surface area (TPSA) is 92.1 Å². The summed E-state index contributed by atoms with van der Waals surface area (Å²) in [4.78, 5) is 32.3. The highest BCUT2D eigenvalue weighted by Gasteiger charge is 2.34. The number of hydrogen-bond donors (Lipinski definition) is 0. The van der Waals surface area contributed by atoms with Gasteiger partial charge in [-0.15, -0.1) is 0 Å². The van der Waals surface area contributed by atoms with E-state index in [0.29, 0.717) is 61.0 Å². The van der Waals surface area contributed by atoms with Gasteiger partial charge in [0.25, 0.3) is 0 Å². The van der Waals surface area contributed by atoms with Crippen molar-refractivity contribution in [3.8, 4) is 23.0 Å². The van der Waals surface area contributed by atoms with E-state index in [9.17, 15) is 9.59 Å². The first-order valence-electron chi connectivity index (χ1n) is 13.2. The molecule has 2 heterocycles. The number of piperidine rings is 1. The first-order valence-corrected chi connectivity index (χ1v) is 13.2. The molecule has 0 radical (unpaired) electrons. The lowest BCUT2D eigenvalue weighted by Crippen LogP contribution is -2.38. The van der Waals surface area contributed by atoms with Crippen molar-refractivity contribution < 1.29 is 28.5 Å². The molecule has 1 saturated heterocycles. The van der Waals surface area contributed by atoms with Gasteiger partial charge in [-0.2, -0.15) is 0 Å². The summed E-state index contributed by atoms with van der Waals surface area (Å²) in [5.74, 6) is 3.88. The van der Waals surface area contributed by atoms with Crippen LogP contribution in [0.4, 0.5) is 0 Å². The van der Waals surface area contributed by atoms with E-state index in [-0.39, 0.29) is 23.5 Å². The summed E-state index contributed by atoms with van der Waals surface area (Å²) in [6, 6.07) is 9.42. The Morgan fingerprint density at radius 2 is 1.69 bits per heavy atom. The Labute approximate surface area is 228 Å². The number of Topliss-reactive ketones (excluding diaryl/α,β-unsaturated/α-hetero) is 1. The van der Waals surface area contributed by atoms with Crippen molar-refractivity contribution in [2.45, 2.75) is 44.1 Å². The standard InChI is InChI=1S/C30H35N3O6/c1-36-22-5-6-23-24(17-22)21(15-25(23)34)16-28(35)32-10-7-20(8-11-32)30-31-9-12-33(30)18-19-13-26(37-2)29(39-4)27(14-19)38-3/h5-6,9,12-14,17,20-21H,7-8,10-11,15-16,18H2,1-4H3. The van der Waals surface area contributed by atoms with Crippen LogP contribution in [0.15, 0.2) is 42.7 Å². The number of ketones is 1. The number of imidazole rings is 1. The number of nitrogens with zero attached hydrogens (tertiary/aromatic N) is 3. The lowest BCUT2D eigenvalue weighted by Gasteiger charge is -2.32. The molecule has 1 atom stereocenters. The summed E-state index contributed by atoms with van der Waals surface area (Å²) in [7, 11) is 6.42. The Morgan fingerprint density at radius 1 is 0.974 bits per heavy atom. The lowest BCUT2D eigenvalue weighted by atomic mass is 9.93. The van der Waals surface area contributed by atoms with E-state index < -0.39 is 0 Å². The zero-order valence-electron chi connectivity index (χ0n) is 22.9. The lowest BCUT2D eigenvalue weighted by molar-refractivity contribution is -0.132. The van der Waals surface area contributed by atoms with Crippen molar-refractivity contribution in [2.24, 2.45) is 0 Å². The summed E-state index contributed by atoms with van der Waals surface area (Å²) in [5, 5.41) is 0. The van der Waals surface area contributed by atoms with Crippen molar-refractivity contribution in [2.75, 3.05) is 41.5 Å². The fourth-order valence-electron chi connectivity index (χ4n) is 5.85. The van der Waals surface area contributed by atoms with Crippen LogP contribution in [-0.2, 0) is 11.3 Å². The fraction of sp³-hybridized carbons (Fsp3) is 0.433. The van der Waals surface area contributed by atoms with E-state index in [4.69, 9.17) is 18.9 Å². The largest absolute Gasteiger partial charge is 0.497 e. The second-order valence-electron chi connectivity index (χ2n) is 10.1. The van der Waals surface area contributed by atoms with Crippen molar-refractivity contribution in [1.29, 1.82) is 0 Å². The molecule has 0 N–H and O–H groups in total. The highest BCUT2D eigenvalue weighted by molar-refractivity contribution is 6.02. The highest BCUT2D eigenvalue weighted by Crippen LogP contribution is 2.40. The van der Waals surface area contributed by atoms with Crippen LogP contribution in [0.3, 0.4) is 0 Å². The number of fused-ring (bicyclic) bond motifs is 1. The molecule has 39 heavy (non-hydrogen) atoms. The highest BCUT2D eigenvalue weighted by atomic mass is 16.5. The molecule has 1 amide bonds. The van der Waals surface area contributed by atoms with Crippen molar-refractivity contribution in [3.05, 3.63) is 65.2 Å².